The first-order valence-electron chi connectivity index (χ1n) is 6.63. The van der Waals surface area contributed by atoms with Gasteiger partial charge in [0.2, 0.25) is 0 Å². The molecule has 2 heteroatoms. The highest BCUT2D eigenvalue weighted by Gasteiger charge is 2.29. The average Bonchev–Trinajstić information content (AvgIpc) is 3.14. The second-order valence-corrected chi connectivity index (χ2v) is 5.39. The Morgan fingerprint density at radius 3 is 2.35 bits per heavy atom. The van der Waals surface area contributed by atoms with E-state index in [0.29, 0.717) is 11.8 Å². The Balaban J connectivity index is 1.90. The van der Waals surface area contributed by atoms with E-state index in [-0.39, 0.29) is 5.82 Å². The van der Waals surface area contributed by atoms with Gasteiger partial charge in [-0.15, -0.1) is 0 Å². The van der Waals surface area contributed by atoms with Crippen molar-refractivity contribution in [1.82, 2.24) is 0 Å². The van der Waals surface area contributed by atoms with E-state index in [0.717, 1.165) is 50.0 Å². The molecule has 0 bridgehead atoms. The molecule has 92 valence electrons. The molecule has 0 radical (unpaired) electrons. The minimum atomic E-state index is 0.0222. The van der Waals surface area contributed by atoms with Gasteiger partial charge in [-0.3, -0.25) is 0 Å². The second-order valence-electron chi connectivity index (χ2n) is 5.39. The normalized spacial score (nSPS) is 21.8. The van der Waals surface area contributed by atoms with Gasteiger partial charge in [0.15, 0.2) is 0 Å². The molecule has 1 saturated carbocycles. The lowest BCUT2D eigenvalue weighted by atomic mass is 9.88. The van der Waals surface area contributed by atoms with Crippen molar-refractivity contribution in [3.8, 4) is 0 Å². The molecule has 17 heavy (non-hydrogen) atoms. The first-order chi connectivity index (χ1) is 8.25. The van der Waals surface area contributed by atoms with Crippen LogP contribution >= 0.6 is 0 Å². The summed E-state index contributed by atoms with van der Waals surface area (Å²) >= 11 is 0. The monoisotopic (exact) mass is 234 g/mol. The van der Waals surface area contributed by atoms with Gasteiger partial charge in [0.05, 0.1) is 0 Å². The van der Waals surface area contributed by atoms with E-state index >= 15 is 0 Å². The van der Waals surface area contributed by atoms with Gasteiger partial charge in [-0.1, -0.05) is 6.07 Å². The lowest BCUT2D eigenvalue weighted by molar-refractivity contribution is 0.0852. The van der Waals surface area contributed by atoms with Crippen molar-refractivity contribution < 1.29 is 9.13 Å². The minimum Gasteiger partial charge on any atom is -0.381 e. The Morgan fingerprint density at radius 2 is 1.76 bits per heavy atom. The lowest BCUT2D eigenvalue weighted by Crippen LogP contribution is -2.14. The summed E-state index contributed by atoms with van der Waals surface area (Å²) < 4.78 is 19.5. The van der Waals surface area contributed by atoms with Crippen molar-refractivity contribution in [1.29, 1.82) is 0 Å². The quantitative estimate of drug-likeness (QED) is 0.754. The summed E-state index contributed by atoms with van der Waals surface area (Å²) in [6, 6.07) is 3.98. The van der Waals surface area contributed by atoms with Crippen LogP contribution in [0.4, 0.5) is 4.39 Å². The largest absolute Gasteiger partial charge is 0.381 e. The highest BCUT2D eigenvalue weighted by Crippen LogP contribution is 2.43. The van der Waals surface area contributed by atoms with E-state index < -0.39 is 0 Å². The van der Waals surface area contributed by atoms with E-state index in [1.54, 1.807) is 6.07 Å². The van der Waals surface area contributed by atoms with Crippen molar-refractivity contribution >= 4 is 0 Å². The van der Waals surface area contributed by atoms with E-state index in [4.69, 9.17) is 4.74 Å². The van der Waals surface area contributed by atoms with Crippen LogP contribution in [0, 0.1) is 12.7 Å². The standard InChI is InChI=1S/C15H19FO/c1-10-8-13(11-4-6-17-7-5-11)9-14(16)15(10)12-2-3-12/h8-9,11-12H,2-7H2,1H3. The topological polar surface area (TPSA) is 9.23 Å². The number of hydrogen-bond acceptors (Lipinski definition) is 1. The number of rotatable bonds is 2. The molecule has 1 saturated heterocycles. The Kier molecular flexibility index (Phi) is 2.91. The molecule has 0 unspecified atom stereocenters. The average molecular weight is 234 g/mol. The fourth-order valence-electron chi connectivity index (χ4n) is 2.94. The van der Waals surface area contributed by atoms with Gasteiger partial charge in [0.25, 0.3) is 0 Å². The Morgan fingerprint density at radius 1 is 1.06 bits per heavy atom. The molecule has 2 aliphatic rings. The first kappa shape index (κ1) is 11.2. The Hall–Kier alpha value is -0.890. The van der Waals surface area contributed by atoms with Crippen LogP contribution in [0.25, 0.3) is 0 Å². The summed E-state index contributed by atoms with van der Waals surface area (Å²) in [5.74, 6) is 1.01. The highest BCUT2D eigenvalue weighted by molar-refractivity contribution is 5.38. The van der Waals surface area contributed by atoms with Gasteiger partial charge in [0.1, 0.15) is 5.82 Å². The third kappa shape index (κ3) is 2.23. The summed E-state index contributed by atoms with van der Waals surface area (Å²) in [5.41, 5.74) is 3.29. The minimum absolute atomic E-state index is 0.0222. The third-order valence-corrected chi connectivity index (χ3v) is 4.04. The Bertz CT molecular complexity index is 394. The molecule has 0 amide bonds. The molecule has 1 nitrogen and oxygen atoms in total. The van der Waals surface area contributed by atoms with Crippen LogP contribution in [-0.2, 0) is 4.74 Å². The number of halogens is 1. The molecule has 3 rings (SSSR count). The van der Waals surface area contributed by atoms with Gasteiger partial charge in [-0.2, -0.15) is 0 Å². The van der Waals surface area contributed by atoms with E-state index in [1.165, 1.54) is 5.56 Å². The molecule has 0 atom stereocenters. The Labute approximate surface area is 102 Å². The van der Waals surface area contributed by atoms with Crippen LogP contribution in [0.3, 0.4) is 0 Å². The van der Waals surface area contributed by atoms with Crippen LogP contribution < -0.4 is 0 Å². The fraction of sp³-hybridized carbons (Fsp3) is 0.600. The van der Waals surface area contributed by atoms with Crippen molar-refractivity contribution in [3.05, 3.63) is 34.6 Å². The van der Waals surface area contributed by atoms with Crippen molar-refractivity contribution in [3.63, 3.8) is 0 Å². The van der Waals surface area contributed by atoms with Gasteiger partial charge in [-0.25, -0.2) is 4.39 Å². The van der Waals surface area contributed by atoms with Crippen LogP contribution in [0.15, 0.2) is 12.1 Å². The maximum atomic E-state index is 14.1. The molecular weight excluding hydrogens is 215 g/mol. The zero-order valence-corrected chi connectivity index (χ0v) is 10.3. The summed E-state index contributed by atoms with van der Waals surface area (Å²) in [6.45, 7) is 3.69. The van der Waals surface area contributed by atoms with Crippen LogP contribution in [0.1, 0.15) is 54.2 Å². The molecular formula is C15H19FO. The zero-order valence-electron chi connectivity index (χ0n) is 10.3. The van der Waals surface area contributed by atoms with Crippen LogP contribution in [0.2, 0.25) is 0 Å². The summed E-state index contributed by atoms with van der Waals surface area (Å²) in [4.78, 5) is 0. The predicted octanol–water partition coefficient (Wildman–Crippen LogP) is 3.91. The maximum absolute atomic E-state index is 14.1. The maximum Gasteiger partial charge on any atom is 0.127 e. The molecule has 1 aliphatic heterocycles. The summed E-state index contributed by atoms with van der Waals surface area (Å²) in [6.07, 6.45) is 4.38. The van der Waals surface area contributed by atoms with Gasteiger partial charge >= 0.3 is 0 Å². The molecule has 0 spiro atoms. The molecule has 1 aromatic carbocycles. The molecule has 1 heterocycles. The number of benzene rings is 1. The molecule has 0 N–H and O–H groups in total. The van der Waals surface area contributed by atoms with E-state index in [2.05, 4.69) is 13.0 Å². The molecule has 1 aromatic rings. The SMILES string of the molecule is Cc1cc(C2CCOCC2)cc(F)c1C1CC1. The van der Waals surface area contributed by atoms with E-state index in [1.807, 2.05) is 0 Å². The van der Waals surface area contributed by atoms with E-state index in [9.17, 15) is 4.39 Å². The molecule has 1 aliphatic carbocycles. The van der Waals surface area contributed by atoms with Gasteiger partial charge in [0, 0.05) is 13.2 Å². The highest BCUT2D eigenvalue weighted by atomic mass is 19.1. The van der Waals surface area contributed by atoms with Crippen LogP contribution in [-0.4, -0.2) is 13.2 Å². The van der Waals surface area contributed by atoms with Crippen molar-refractivity contribution in [2.75, 3.05) is 13.2 Å². The van der Waals surface area contributed by atoms with Gasteiger partial charge in [-0.05, 0) is 67.2 Å². The summed E-state index contributed by atoms with van der Waals surface area (Å²) in [5, 5.41) is 0. The number of ether oxygens (including phenoxy) is 1. The third-order valence-electron chi connectivity index (χ3n) is 4.04. The van der Waals surface area contributed by atoms with Crippen LogP contribution in [0.5, 0.6) is 0 Å². The first-order valence-corrected chi connectivity index (χ1v) is 6.63. The molecule has 2 fully saturated rings. The fourth-order valence-corrected chi connectivity index (χ4v) is 2.94. The summed E-state index contributed by atoms with van der Waals surface area (Å²) in [7, 11) is 0. The smallest absolute Gasteiger partial charge is 0.127 e. The number of aryl methyl sites for hydroxylation is 1. The van der Waals surface area contributed by atoms with Crippen molar-refractivity contribution in [2.24, 2.45) is 0 Å². The molecule has 0 aromatic heterocycles. The second kappa shape index (κ2) is 4.41. The van der Waals surface area contributed by atoms with Crippen molar-refractivity contribution in [2.45, 2.75) is 44.4 Å². The predicted molar refractivity (Wildman–Crippen MR) is 65.9 cm³/mol. The van der Waals surface area contributed by atoms with Gasteiger partial charge < -0.3 is 4.74 Å². The zero-order chi connectivity index (χ0) is 11.8. The number of hydrogen-bond donors (Lipinski definition) is 0. The lowest BCUT2D eigenvalue weighted by Gasteiger charge is -2.23.